The Morgan fingerprint density at radius 1 is 1.14 bits per heavy atom. The van der Waals surface area contributed by atoms with E-state index in [9.17, 15) is 0 Å². The molecular formula is C14H12ClN5O. The summed E-state index contributed by atoms with van der Waals surface area (Å²) < 4.78 is 7.19. The van der Waals surface area contributed by atoms with Gasteiger partial charge in [-0.05, 0) is 40.3 Å². The number of nitrogens with zero attached hydrogens (tertiary/aromatic N) is 4. The van der Waals surface area contributed by atoms with Crippen molar-refractivity contribution in [1.29, 1.82) is 0 Å². The molecule has 0 fully saturated rings. The Labute approximate surface area is 126 Å². The third-order valence-corrected chi connectivity index (χ3v) is 3.25. The first-order chi connectivity index (χ1) is 10.3. The number of aromatic nitrogens is 4. The highest BCUT2D eigenvalue weighted by molar-refractivity contribution is 6.31. The fourth-order valence-electron chi connectivity index (χ4n) is 1.84. The molecule has 0 atom stereocenters. The molecule has 0 bridgehead atoms. The number of hydrogen-bond acceptors (Lipinski definition) is 5. The summed E-state index contributed by atoms with van der Waals surface area (Å²) in [4.78, 5) is 0. The van der Waals surface area contributed by atoms with Crippen LogP contribution in [0.1, 0.15) is 5.56 Å². The van der Waals surface area contributed by atoms with Crippen LogP contribution in [0.5, 0.6) is 11.8 Å². The first kappa shape index (κ1) is 13.5. The van der Waals surface area contributed by atoms with E-state index in [0.717, 1.165) is 11.3 Å². The van der Waals surface area contributed by atoms with Gasteiger partial charge < -0.3 is 10.5 Å². The van der Waals surface area contributed by atoms with E-state index in [0.29, 0.717) is 17.3 Å². The molecule has 7 heteroatoms. The first-order valence-electron chi connectivity index (χ1n) is 6.28. The van der Waals surface area contributed by atoms with Crippen LogP contribution in [0, 0.1) is 0 Å². The number of benzene rings is 2. The van der Waals surface area contributed by atoms with E-state index in [-0.39, 0.29) is 6.01 Å². The molecule has 0 aliphatic rings. The van der Waals surface area contributed by atoms with Gasteiger partial charge in [-0.15, -0.1) is 0 Å². The molecule has 3 rings (SSSR count). The Hall–Kier alpha value is -2.44. The molecule has 2 aromatic carbocycles. The first-order valence-corrected chi connectivity index (χ1v) is 6.66. The molecular weight excluding hydrogens is 290 g/mol. The second kappa shape index (κ2) is 5.90. The lowest BCUT2D eigenvalue weighted by Gasteiger charge is -2.07. The highest BCUT2D eigenvalue weighted by Crippen LogP contribution is 2.26. The highest BCUT2D eigenvalue weighted by atomic mass is 35.5. The molecule has 6 nitrogen and oxygen atoms in total. The van der Waals surface area contributed by atoms with Gasteiger partial charge in [0, 0.05) is 11.6 Å². The quantitative estimate of drug-likeness (QED) is 0.801. The lowest BCUT2D eigenvalue weighted by Crippen LogP contribution is -2.01. The van der Waals surface area contributed by atoms with Crippen molar-refractivity contribution < 1.29 is 4.74 Å². The summed E-state index contributed by atoms with van der Waals surface area (Å²) in [5.74, 6) is 0.546. The highest BCUT2D eigenvalue weighted by Gasteiger charge is 2.11. The van der Waals surface area contributed by atoms with Crippen molar-refractivity contribution in [3.63, 3.8) is 0 Å². The van der Waals surface area contributed by atoms with Crippen LogP contribution in [0.4, 0.5) is 0 Å². The fraction of sp³-hybridized carbons (Fsp3) is 0.0714. The molecule has 21 heavy (non-hydrogen) atoms. The van der Waals surface area contributed by atoms with Gasteiger partial charge in [-0.3, -0.25) is 0 Å². The minimum absolute atomic E-state index is 0.262. The van der Waals surface area contributed by atoms with Crippen LogP contribution >= 0.6 is 11.6 Å². The summed E-state index contributed by atoms with van der Waals surface area (Å²) in [6, 6.07) is 15.0. The zero-order valence-corrected chi connectivity index (χ0v) is 11.7. The van der Waals surface area contributed by atoms with Crippen molar-refractivity contribution in [3.8, 4) is 17.4 Å². The van der Waals surface area contributed by atoms with Gasteiger partial charge in [0.05, 0.1) is 5.69 Å². The molecule has 0 amide bonds. The van der Waals surface area contributed by atoms with Gasteiger partial charge >= 0.3 is 6.01 Å². The van der Waals surface area contributed by atoms with E-state index in [1.165, 1.54) is 4.68 Å². The van der Waals surface area contributed by atoms with Crippen molar-refractivity contribution in [1.82, 2.24) is 20.2 Å². The predicted molar refractivity (Wildman–Crippen MR) is 78.6 cm³/mol. The monoisotopic (exact) mass is 301 g/mol. The van der Waals surface area contributed by atoms with Crippen LogP contribution < -0.4 is 10.5 Å². The van der Waals surface area contributed by atoms with Crippen LogP contribution in [0.25, 0.3) is 5.69 Å². The third-order valence-electron chi connectivity index (χ3n) is 2.90. The van der Waals surface area contributed by atoms with Crippen LogP contribution in [-0.2, 0) is 6.54 Å². The van der Waals surface area contributed by atoms with Gasteiger partial charge in [-0.1, -0.05) is 41.0 Å². The molecule has 0 spiro atoms. The SMILES string of the molecule is NCc1ccc(Oc2nnnn2-c2ccccc2)cc1Cl. The normalized spacial score (nSPS) is 10.6. The number of ether oxygens (including phenoxy) is 1. The van der Waals surface area contributed by atoms with Crippen molar-refractivity contribution >= 4 is 11.6 Å². The number of nitrogens with two attached hydrogens (primary N) is 1. The number of hydrogen-bond donors (Lipinski definition) is 1. The van der Waals surface area contributed by atoms with Gasteiger partial charge in [-0.25, -0.2) is 0 Å². The molecule has 1 heterocycles. The van der Waals surface area contributed by atoms with E-state index in [2.05, 4.69) is 15.5 Å². The molecule has 0 aliphatic carbocycles. The Bertz CT molecular complexity index is 744. The number of tetrazole rings is 1. The molecule has 1 aromatic heterocycles. The van der Waals surface area contributed by atoms with Crippen LogP contribution in [-0.4, -0.2) is 20.2 Å². The maximum Gasteiger partial charge on any atom is 0.345 e. The maximum atomic E-state index is 6.11. The van der Waals surface area contributed by atoms with E-state index >= 15 is 0 Å². The van der Waals surface area contributed by atoms with Crippen molar-refractivity contribution in [2.75, 3.05) is 0 Å². The zero-order chi connectivity index (χ0) is 14.7. The second-order valence-corrected chi connectivity index (χ2v) is 4.68. The van der Waals surface area contributed by atoms with Crippen LogP contribution in [0.2, 0.25) is 5.02 Å². The average Bonchev–Trinajstić information content (AvgIpc) is 2.96. The van der Waals surface area contributed by atoms with Gasteiger partial charge in [0.15, 0.2) is 0 Å². The minimum Gasteiger partial charge on any atom is -0.423 e. The molecule has 0 saturated carbocycles. The topological polar surface area (TPSA) is 78.8 Å². The summed E-state index contributed by atoms with van der Waals surface area (Å²) >= 11 is 6.11. The predicted octanol–water partition coefficient (Wildman–Crippen LogP) is 2.57. The van der Waals surface area contributed by atoms with E-state index < -0.39 is 0 Å². The Morgan fingerprint density at radius 3 is 2.67 bits per heavy atom. The minimum atomic E-state index is 0.262. The molecule has 0 saturated heterocycles. The van der Waals surface area contributed by atoms with Crippen LogP contribution in [0.15, 0.2) is 48.5 Å². The molecule has 106 valence electrons. The van der Waals surface area contributed by atoms with Crippen LogP contribution in [0.3, 0.4) is 0 Å². The zero-order valence-electron chi connectivity index (χ0n) is 11.0. The third kappa shape index (κ3) is 2.86. The summed E-state index contributed by atoms with van der Waals surface area (Å²) in [6.45, 7) is 0.376. The average molecular weight is 302 g/mol. The summed E-state index contributed by atoms with van der Waals surface area (Å²) in [7, 11) is 0. The molecule has 0 aliphatic heterocycles. The lowest BCUT2D eigenvalue weighted by atomic mass is 10.2. The number of para-hydroxylation sites is 1. The van der Waals surface area contributed by atoms with Gasteiger partial charge in [0.2, 0.25) is 0 Å². The summed E-state index contributed by atoms with van der Waals surface area (Å²) in [5.41, 5.74) is 7.24. The van der Waals surface area contributed by atoms with Gasteiger partial charge in [0.25, 0.3) is 0 Å². The fourth-order valence-corrected chi connectivity index (χ4v) is 2.08. The number of rotatable bonds is 4. The van der Waals surface area contributed by atoms with Gasteiger partial charge in [0.1, 0.15) is 5.75 Å². The Balaban J connectivity index is 1.90. The van der Waals surface area contributed by atoms with Crippen molar-refractivity contribution in [2.24, 2.45) is 5.73 Å². The molecule has 0 radical (unpaired) electrons. The Kier molecular flexibility index (Phi) is 3.81. The van der Waals surface area contributed by atoms with E-state index in [1.54, 1.807) is 12.1 Å². The smallest absolute Gasteiger partial charge is 0.345 e. The van der Waals surface area contributed by atoms with E-state index in [1.807, 2.05) is 36.4 Å². The molecule has 0 unspecified atom stereocenters. The Morgan fingerprint density at radius 2 is 1.95 bits per heavy atom. The summed E-state index contributed by atoms with van der Waals surface area (Å²) in [5, 5.41) is 12.0. The largest absolute Gasteiger partial charge is 0.423 e. The van der Waals surface area contributed by atoms with Crippen molar-refractivity contribution in [3.05, 3.63) is 59.1 Å². The number of halogens is 1. The maximum absolute atomic E-state index is 6.11. The van der Waals surface area contributed by atoms with E-state index in [4.69, 9.17) is 22.1 Å². The lowest BCUT2D eigenvalue weighted by molar-refractivity contribution is 0.427. The second-order valence-electron chi connectivity index (χ2n) is 4.27. The van der Waals surface area contributed by atoms with Gasteiger partial charge in [-0.2, -0.15) is 4.68 Å². The molecule has 2 N–H and O–H groups in total. The standard InChI is InChI=1S/C14H12ClN5O/c15-13-8-12(7-6-10(13)9-16)21-14-17-18-19-20(14)11-4-2-1-3-5-11/h1-8H,9,16H2. The molecule has 3 aromatic rings. The van der Waals surface area contributed by atoms with Crippen molar-refractivity contribution in [2.45, 2.75) is 6.54 Å². The summed E-state index contributed by atoms with van der Waals surface area (Å²) in [6.07, 6.45) is 0.